The van der Waals surface area contributed by atoms with Gasteiger partial charge in [0, 0.05) is 17.6 Å². The number of nitrogens with one attached hydrogen (secondary N) is 1. The standard InChI is InChI=1S/C30H34Cl3N3O4S/c1-5-21(4)34-30(38)27(6-2)35(18-22-13-15-25(32)26(33)16-22)29(37)19-36(28-17-23(31)14-12-20(28)3)41(39,40)24-10-8-7-9-11-24/h7-17,21,27H,5-6,18-19H2,1-4H3,(H,34,38)/t21-,27+/m1/s1. The Morgan fingerprint density at radius 1 is 0.902 bits per heavy atom. The molecule has 3 rings (SSSR count). The van der Waals surface area contributed by atoms with E-state index in [1.54, 1.807) is 62.4 Å². The molecule has 1 N–H and O–H groups in total. The third kappa shape index (κ3) is 8.16. The second-order valence-electron chi connectivity index (χ2n) is 9.77. The number of hydrogen-bond donors (Lipinski definition) is 1. The van der Waals surface area contributed by atoms with Crippen molar-refractivity contribution in [2.75, 3.05) is 10.8 Å². The fourth-order valence-electron chi connectivity index (χ4n) is 4.28. The molecule has 11 heteroatoms. The highest BCUT2D eigenvalue weighted by Crippen LogP contribution is 2.30. The van der Waals surface area contributed by atoms with E-state index in [-0.39, 0.29) is 29.1 Å². The first-order valence-electron chi connectivity index (χ1n) is 13.3. The summed E-state index contributed by atoms with van der Waals surface area (Å²) in [5, 5.41) is 3.92. The molecule has 0 bridgehead atoms. The van der Waals surface area contributed by atoms with Gasteiger partial charge in [-0.15, -0.1) is 0 Å². The van der Waals surface area contributed by atoms with Crippen molar-refractivity contribution in [1.82, 2.24) is 10.2 Å². The molecule has 0 aliphatic heterocycles. The Morgan fingerprint density at radius 3 is 2.20 bits per heavy atom. The molecule has 0 unspecified atom stereocenters. The second kappa shape index (κ2) is 14.4. The lowest BCUT2D eigenvalue weighted by molar-refractivity contribution is -0.140. The Morgan fingerprint density at radius 2 is 1.59 bits per heavy atom. The molecule has 220 valence electrons. The van der Waals surface area contributed by atoms with E-state index in [2.05, 4.69) is 5.32 Å². The number of carbonyl (C=O) groups excluding carboxylic acids is 2. The van der Waals surface area contributed by atoms with Crippen LogP contribution in [-0.4, -0.2) is 43.8 Å². The highest BCUT2D eigenvalue weighted by molar-refractivity contribution is 7.92. The number of benzene rings is 3. The summed E-state index contributed by atoms with van der Waals surface area (Å²) in [4.78, 5) is 28.9. The first-order valence-corrected chi connectivity index (χ1v) is 15.8. The van der Waals surface area contributed by atoms with Crippen molar-refractivity contribution in [3.8, 4) is 0 Å². The van der Waals surface area contributed by atoms with Gasteiger partial charge in [0.25, 0.3) is 10.0 Å². The maximum Gasteiger partial charge on any atom is 0.264 e. The van der Waals surface area contributed by atoms with E-state index < -0.39 is 28.5 Å². The van der Waals surface area contributed by atoms with Gasteiger partial charge < -0.3 is 10.2 Å². The molecule has 0 radical (unpaired) electrons. The van der Waals surface area contributed by atoms with Crippen molar-refractivity contribution in [1.29, 1.82) is 0 Å². The van der Waals surface area contributed by atoms with Gasteiger partial charge >= 0.3 is 0 Å². The summed E-state index contributed by atoms with van der Waals surface area (Å²) < 4.78 is 29.0. The number of hydrogen-bond acceptors (Lipinski definition) is 4. The van der Waals surface area contributed by atoms with Crippen LogP contribution >= 0.6 is 34.8 Å². The average Bonchev–Trinajstić information content (AvgIpc) is 2.95. The number of amides is 2. The normalized spacial score (nSPS) is 12.9. The number of carbonyl (C=O) groups is 2. The minimum Gasteiger partial charge on any atom is -0.352 e. The van der Waals surface area contributed by atoms with Gasteiger partial charge in [-0.3, -0.25) is 13.9 Å². The van der Waals surface area contributed by atoms with Crippen LogP contribution in [-0.2, 0) is 26.2 Å². The van der Waals surface area contributed by atoms with E-state index in [9.17, 15) is 18.0 Å². The number of anilines is 1. The maximum absolute atomic E-state index is 14.2. The summed E-state index contributed by atoms with van der Waals surface area (Å²) in [5.74, 6) is -0.896. The van der Waals surface area contributed by atoms with Crippen LogP contribution in [0.4, 0.5) is 5.69 Å². The minimum atomic E-state index is -4.19. The van der Waals surface area contributed by atoms with E-state index in [1.807, 2.05) is 13.8 Å². The van der Waals surface area contributed by atoms with Crippen LogP contribution in [0.5, 0.6) is 0 Å². The summed E-state index contributed by atoms with van der Waals surface area (Å²) in [6.07, 6.45) is 1.01. The average molecular weight is 639 g/mol. The molecule has 2 amide bonds. The van der Waals surface area contributed by atoms with Crippen LogP contribution in [0.25, 0.3) is 0 Å². The van der Waals surface area contributed by atoms with Crippen molar-refractivity contribution in [3.05, 3.63) is 92.9 Å². The highest BCUT2D eigenvalue weighted by Gasteiger charge is 2.34. The molecular weight excluding hydrogens is 605 g/mol. The molecule has 0 heterocycles. The lowest BCUT2D eigenvalue weighted by Gasteiger charge is -2.34. The fourth-order valence-corrected chi connectivity index (χ4v) is 6.26. The maximum atomic E-state index is 14.2. The summed E-state index contributed by atoms with van der Waals surface area (Å²) in [6.45, 7) is 6.82. The van der Waals surface area contributed by atoms with Crippen molar-refractivity contribution >= 4 is 62.3 Å². The monoisotopic (exact) mass is 637 g/mol. The van der Waals surface area contributed by atoms with Gasteiger partial charge in [0.2, 0.25) is 11.8 Å². The van der Waals surface area contributed by atoms with Crippen LogP contribution in [0.2, 0.25) is 15.1 Å². The van der Waals surface area contributed by atoms with Crippen molar-refractivity contribution < 1.29 is 18.0 Å². The molecule has 3 aromatic rings. The highest BCUT2D eigenvalue weighted by atomic mass is 35.5. The number of halogens is 3. The van der Waals surface area contributed by atoms with Gasteiger partial charge in [-0.25, -0.2) is 8.42 Å². The molecule has 7 nitrogen and oxygen atoms in total. The molecular formula is C30H34Cl3N3O4S. The summed E-state index contributed by atoms with van der Waals surface area (Å²) in [6, 6.07) is 16.7. The molecule has 41 heavy (non-hydrogen) atoms. The SMILES string of the molecule is CC[C@@H](C)NC(=O)[C@H](CC)N(Cc1ccc(Cl)c(Cl)c1)C(=O)CN(c1cc(Cl)ccc1C)S(=O)(=O)c1ccccc1. The predicted molar refractivity (Wildman–Crippen MR) is 166 cm³/mol. The van der Waals surface area contributed by atoms with Crippen LogP contribution < -0.4 is 9.62 Å². The van der Waals surface area contributed by atoms with Gasteiger partial charge in [0.05, 0.1) is 20.6 Å². The van der Waals surface area contributed by atoms with Crippen molar-refractivity contribution in [2.24, 2.45) is 0 Å². The van der Waals surface area contributed by atoms with Gasteiger partial charge in [-0.2, -0.15) is 0 Å². The van der Waals surface area contributed by atoms with Crippen LogP contribution in [0.3, 0.4) is 0 Å². The van der Waals surface area contributed by atoms with E-state index >= 15 is 0 Å². The van der Waals surface area contributed by atoms with Crippen LogP contribution in [0.15, 0.2) is 71.6 Å². The molecule has 0 aliphatic rings. The van der Waals surface area contributed by atoms with Gasteiger partial charge in [-0.1, -0.05) is 79.0 Å². The molecule has 2 atom stereocenters. The second-order valence-corrected chi connectivity index (χ2v) is 12.9. The van der Waals surface area contributed by atoms with E-state index in [0.29, 0.717) is 39.0 Å². The Hall–Kier alpha value is -2.78. The summed E-state index contributed by atoms with van der Waals surface area (Å²) in [5.41, 5.74) is 1.51. The topological polar surface area (TPSA) is 86.8 Å². The van der Waals surface area contributed by atoms with E-state index in [4.69, 9.17) is 34.8 Å². The van der Waals surface area contributed by atoms with Crippen molar-refractivity contribution in [2.45, 2.75) is 64.1 Å². The van der Waals surface area contributed by atoms with Crippen LogP contribution in [0, 0.1) is 6.92 Å². The zero-order valence-electron chi connectivity index (χ0n) is 23.4. The van der Waals surface area contributed by atoms with Gasteiger partial charge in [0.15, 0.2) is 0 Å². The number of rotatable bonds is 12. The first-order chi connectivity index (χ1) is 19.4. The van der Waals surface area contributed by atoms with Gasteiger partial charge in [-0.05, 0) is 74.2 Å². The molecule has 0 fully saturated rings. The number of nitrogens with zero attached hydrogens (tertiary/aromatic N) is 2. The van der Waals surface area contributed by atoms with Gasteiger partial charge in [0.1, 0.15) is 12.6 Å². The predicted octanol–water partition coefficient (Wildman–Crippen LogP) is 6.87. The number of sulfonamides is 1. The molecule has 0 aliphatic carbocycles. The Kier molecular flexibility index (Phi) is 11.5. The molecule has 0 spiro atoms. The third-order valence-corrected chi connectivity index (χ3v) is 9.52. The zero-order chi connectivity index (χ0) is 30.3. The summed E-state index contributed by atoms with van der Waals surface area (Å²) >= 11 is 18.6. The lowest BCUT2D eigenvalue weighted by atomic mass is 10.1. The van der Waals surface area contributed by atoms with Crippen LogP contribution in [0.1, 0.15) is 44.7 Å². The van der Waals surface area contributed by atoms with Crippen molar-refractivity contribution in [3.63, 3.8) is 0 Å². The molecule has 0 aromatic heterocycles. The van der Waals surface area contributed by atoms with E-state index in [0.717, 1.165) is 4.31 Å². The third-order valence-electron chi connectivity index (χ3n) is 6.77. The largest absolute Gasteiger partial charge is 0.352 e. The molecule has 0 saturated carbocycles. The number of aryl methyl sites for hydroxylation is 1. The smallest absolute Gasteiger partial charge is 0.264 e. The Balaban J connectivity index is 2.10. The lowest BCUT2D eigenvalue weighted by Crippen LogP contribution is -2.53. The first kappa shape index (κ1) is 32.7. The minimum absolute atomic E-state index is 0.00983. The molecule has 3 aromatic carbocycles. The Labute approximate surface area is 257 Å². The van der Waals surface area contributed by atoms with E-state index in [1.165, 1.54) is 23.1 Å². The zero-order valence-corrected chi connectivity index (χ0v) is 26.5. The molecule has 0 saturated heterocycles. The quantitative estimate of drug-likeness (QED) is 0.235. The fraction of sp³-hybridized carbons (Fsp3) is 0.333. The summed E-state index contributed by atoms with van der Waals surface area (Å²) in [7, 11) is -4.19. The Bertz CT molecular complexity index is 1490.